The van der Waals surface area contributed by atoms with E-state index in [1.54, 1.807) is 20.8 Å². The van der Waals surface area contributed by atoms with Crippen LogP contribution < -0.4 is 4.74 Å². The Labute approximate surface area is 208 Å². The van der Waals surface area contributed by atoms with E-state index in [1.807, 2.05) is 13.8 Å². The molecule has 36 heavy (non-hydrogen) atoms. The van der Waals surface area contributed by atoms with Crippen molar-refractivity contribution in [2.24, 2.45) is 4.99 Å². The molecule has 1 heterocycles. The molecule has 2 unspecified atom stereocenters. The molecule has 1 amide bonds. The number of aliphatic imine (C=N–C) groups is 1. The highest BCUT2D eigenvalue weighted by Gasteiger charge is 2.31. The molecule has 0 bridgehead atoms. The minimum atomic E-state index is -4.50. The third-order valence-electron chi connectivity index (χ3n) is 5.45. The monoisotopic (exact) mass is 509 g/mol. The molecule has 0 N–H and O–H groups in total. The van der Waals surface area contributed by atoms with Crippen LogP contribution in [0.15, 0.2) is 48.1 Å². The number of carbonyl (C=O) groups excluding carboxylic acids is 1. The maximum absolute atomic E-state index is 14.1. The topological polar surface area (TPSA) is 64.0 Å². The lowest BCUT2D eigenvalue weighted by Gasteiger charge is -2.29. The van der Waals surface area contributed by atoms with Gasteiger partial charge in [0.15, 0.2) is 5.90 Å². The Morgan fingerprint density at radius 3 is 2.42 bits per heavy atom. The van der Waals surface area contributed by atoms with Gasteiger partial charge >= 0.3 is 6.18 Å². The van der Waals surface area contributed by atoms with Crippen molar-refractivity contribution in [1.82, 2.24) is 9.88 Å². The summed E-state index contributed by atoms with van der Waals surface area (Å²) in [6, 6.07) is 5.25. The molecule has 0 aliphatic rings. The smallest absolute Gasteiger partial charge is 0.417 e. The minimum Gasteiger partial charge on any atom is -0.475 e. The highest BCUT2D eigenvalue weighted by atomic mass is 19.4. The number of hydrogen-bond donors (Lipinski definition) is 0. The van der Waals surface area contributed by atoms with Gasteiger partial charge in [-0.15, -0.1) is 0 Å². The fourth-order valence-corrected chi connectivity index (χ4v) is 3.33. The number of amides is 1. The Morgan fingerprint density at radius 1 is 1.17 bits per heavy atom. The van der Waals surface area contributed by atoms with Crippen molar-refractivity contribution >= 4 is 17.6 Å². The molecule has 0 fully saturated rings. The molecule has 0 saturated carbocycles. The van der Waals surface area contributed by atoms with Crippen LogP contribution in [0.4, 0.5) is 17.6 Å². The van der Waals surface area contributed by atoms with Crippen LogP contribution in [0.1, 0.15) is 62.5 Å². The van der Waals surface area contributed by atoms with E-state index in [2.05, 4.69) is 16.6 Å². The van der Waals surface area contributed by atoms with Gasteiger partial charge in [-0.25, -0.2) is 9.37 Å². The zero-order chi connectivity index (χ0) is 27.0. The number of halogens is 4. The molecule has 0 radical (unpaired) electrons. The first-order valence-corrected chi connectivity index (χ1v) is 11.5. The number of carbonyl (C=O) groups is 1. The quantitative estimate of drug-likeness (QED) is 0.162. The van der Waals surface area contributed by atoms with E-state index in [9.17, 15) is 22.4 Å². The van der Waals surface area contributed by atoms with Gasteiger partial charge in [-0.2, -0.15) is 13.2 Å². The van der Waals surface area contributed by atoms with Gasteiger partial charge in [0.05, 0.1) is 23.2 Å². The number of benzene rings is 1. The third kappa shape index (κ3) is 7.79. The maximum Gasteiger partial charge on any atom is 0.417 e. The van der Waals surface area contributed by atoms with Crippen molar-refractivity contribution in [3.05, 3.63) is 65.6 Å². The molecule has 196 valence electrons. The molecule has 0 aliphatic heterocycles. The van der Waals surface area contributed by atoms with E-state index in [1.165, 1.54) is 23.1 Å². The molecule has 2 atom stereocenters. The number of alkyl halides is 3. The van der Waals surface area contributed by atoms with Crippen LogP contribution in [-0.2, 0) is 10.9 Å². The van der Waals surface area contributed by atoms with Crippen LogP contribution in [-0.4, -0.2) is 46.9 Å². The lowest BCUT2D eigenvalue weighted by atomic mass is 10.0. The number of likely N-dealkylation sites (N-methyl/N-ethyl adjacent to an activating group) is 1. The van der Waals surface area contributed by atoms with Crippen molar-refractivity contribution in [2.75, 3.05) is 13.2 Å². The van der Waals surface area contributed by atoms with E-state index in [-0.39, 0.29) is 35.4 Å². The fraction of sp³-hybridized carbons (Fsp3) is 0.423. The first-order valence-electron chi connectivity index (χ1n) is 11.5. The molecule has 0 aliphatic carbocycles. The molecule has 1 aromatic heterocycles. The van der Waals surface area contributed by atoms with Gasteiger partial charge in [0.2, 0.25) is 5.88 Å². The molecule has 0 spiro atoms. The molecule has 0 saturated heterocycles. The van der Waals surface area contributed by atoms with Crippen molar-refractivity contribution < 1.29 is 31.8 Å². The van der Waals surface area contributed by atoms with Gasteiger partial charge in [0.1, 0.15) is 18.2 Å². The Morgan fingerprint density at radius 2 is 1.86 bits per heavy atom. The second kappa shape index (κ2) is 12.5. The lowest BCUT2D eigenvalue weighted by Crippen LogP contribution is -2.42. The Balaban J connectivity index is 2.18. The zero-order valence-corrected chi connectivity index (χ0v) is 21.0. The zero-order valence-electron chi connectivity index (χ0n) is 21.0. The summed E-state index contributed by atoms with van der Waals surface area (Å²) in [5.41, 5.74) is -0.516. The summed E-state index contributed by atoms with van der Waals surface area (Å²) in [5, 5.41) is 0. The van der Waals surface area contributed by atoms with Gasteiger partial charge < -0.3 is 14.4 Å². The van der Waals surface area contributed by atoms with Gasteiger partial charge in [-0.05, 0) is 51.5 Å². The number of pyridine rings is 1. The number of nitrogens with zero attached hydrogens (tertiary/aromatic N) is 3. The molecule has 10 heteroatoms. The molecular weight excluding hydrogens is 478 g/mol. The van der Waals surface area contributed by atoms with Crippen molar-refractivity contribution in [2.45, 2.75) is 59.3 Å². The minimum absolute atomic E-state index is 0.00123. The van der Waals surface area contributed by atoms with Gasteiger partial charge in [0.25, 0.3) is 5.91 Å². The highest BCUT2D eigenvalue weighted by molar-refractivity contribution is 5.99. The Bertz CT molecular complexity index is 1080. The largest absolute Gasteiger partial charge is 0.475 e. The van der Waals surface area contributed by atoms with Crippen LogP contribution in [0.3, 0.4) is 0 Å². The summed E-state index contributed by atoms with van der Waals surface area (Å²) in [6.07, 6.45) is -3.00. The summed E-state index contributed by atoms with van der Waals surface area (Å²) < 4.78 is 63.4. The maximum atomic E-state index is 14.1. The SMILES string of the molecule is C=C(O/C(C)=N\C(C)CC)c1cc(F)ccc1C(=O)N(CC)C(C)COc1ccc(C(F)(F)F)cn1. The van der Waals surface area contributed by atoms with Crippen LogP contribution in [0.2, 0.25) is 0 Å². The number of hydrogen-bond acceptors (Lipinski definition) is 5. The van der Waals surface area contributed by atoms with E-state index in [0.29, 0.717) is 18.6 Å². The summed E-state index contributed by atoms with van der Waals surface area (Å²) in [7, 11) is 0. The second-order valence-corrected chi connectivity index (χ2v) is 8.25. The van der Waals surface area contributed by atoms with Gasteiger partial charge in [-0.3, -0.25) is 9.79 Å². The normalized spacial score (nSPS) is 13.6. The summed E-state index contributed by atoms with van der Waals surface area (Å²) in [6.45, 7) is 13.2. The van der Waals surface area contributed by atoms with Gasteiger partial charge in [-0.1, -0.05) is 13.5 Å². The third-order valence-corrected chi connectivity index (χ3v) is 5.45. The van der Waals surface area contributed by atoms with Crippen LogP contribution in [0.5, 0.6) is 5.88 Å². The first-order chi connectivity index (χ1) is 16.9. The molecule has 6 nitrogen and oxygen atoms in total. The summed E-state index contributed by atoms with van der Waals surface area (Å²) >= 11 is 0. The number of ether oxygens (including phenoxy) is 2. The fourth-order valence-electron chi connectivity index (χ4n) is 3.33. The highest BCUT2D eigenvalue weighted by Crippen LogP contribution is 2.29. The van der Waals surface area contributed by atoms with Crippen molar-refractivity contribution in [1.29, 1.82) is 0 Å². The summed E-state index contributed by atoms with van der Waals surface area (Å²) in [4.78, 5) is 23.0. The van der Waals surface area contributed by atoms with Crippen LogP contribution in [0, 0.1) is 5.82 Å². The average molecular weight is 510 g/mol. The first kappa shape index (κ1) is 28.8. The number of aromatic nitrogens is 1. The van der Waals surface area contributed by atoms with E-state index >= 15 is 0 Å². The summed E-state index contributed by atoms with van der Waals surface area (Å²) in [5.74, 6) is -0.550. The molecular formula is C26H31F4N3O3. The average Bonchev–Trinajstić information content (AvgIpc) is 2.82. The number of rotatable bonds is 10. The van der Waals surface area contributed by atoms with Crippen LogP contribution in [0.25, 0.3) is 5.76 Å². The second-order valence-electron chi connectivity index (χ2n) is 8.25. The predicted molar refractivity (Wildman–Crippen MR) is 130 cm³/mol. The Hall–Kier alpha value is -3.43. The van der Waals surface area contributed by atoms with E-state index < -0.39 is 29.5 Å². The Kier molecular flexibility index (Phi) is 10.0. The molecule has 2 rings (SSSR count). The molecule has 1 aromatic carbocycles. The standard InChI is InChI=1S/C26H31F4N3O3/c1-7-16(3)32-19(6)36-18(5)23-13-21(27)10-11-22(23)25(34)33(8-2)17(4)15-35-24-12-9-20(14-31-24)26(28,29)30/h9-14,16-17H,5,7-8,15H2,1-4,6H3/b32-19-. The van der Waals surface area contributed by atoms with Crippen LogP contribution >= 0.6 is 0 Å². The van der Waals surface area contributed by atoms with Gasteiger partial charge in [0, 0.05) is 31.3 Å². The lowest BCUT2D eigenvalue weighted by molar-refractivity contribution is -0.137. The van der Waals surface area contributed by atoms with E-state index in [0.717, 1.165) is 18.6 Å². The molecule has 2 aromatic rings. The predicted octanol–water partition coefficient (Wildman–Crippen LogP) is 6.37. The van der Waals surface area contributed by atoms with Crippen molar-refractivity contribution in [3.63, 3.8) is 0 Å². The van der Waals surface area contributed by atoms with Crippen molar-refractivity contribution in [3.8, 4) is 5.88 Å². The van der Waals surface area contributed by atoms with E-state index in [4.69, 9.17) is 9.47 Å².